The molecule has 9 nitrogen and oxygen atoms in total. The highest BCUT2D eigenvalue weighted by Crippen LogP contribution is 2.20. The zero-order valence-corrected chi connectivity index (χ0v) is 15.4. The molecule has 1 amide bonds. The van der Waals surface area contributed by atoms with Gasteiger partial charge in [0.1, 0.15) is 5.75 Å². The molecule has 144 valence electrons. The molecule has 0 bridgehead atoms. The van der Waals surface area contributed by atoms with Crippen molar-refractivity contribution in [2.75, 3.05) is 43.5 Å². The van der Waals surface area contributed by atoms with Gasteiger partial charge in [0, 0.05) is 31.9 Å². The number of piperazine rings is 1. The van der Waals surface area contributed by atoms with Crippen LogP contribution in [0.15, 0.2) is 53.3 Å². The van der Waals surface area contributed by atoms with E-state index in [1.165, 1.54) is 6.26 Å². The molecule has 0 spiro atoms. The number of carbonyl (C=O) groups excluding carboxylic acids is 1. The highest BCUT2D eigenvalue weighted by atomic mass is 16.5. The Morgan fingerprint density at radius 2 is 1.93 bits per heavy atom. The van der Waals surface area contributed by atoms with Crippen LogP contribution < -0.4 is 15.0 Å². The Kier molecular flexibility index (Phi) is 5.05. The summed E-state index contributed by atoms with van der Waals surface area (Å²) in [6, 6.07) is 10.9. The lowest BCUT2D eigenvalue weighted by Gasteiger charge is -2.34. The van der Waals surface area contributed by atoms with Gasteiger partial charge in [-0.2, -0.15) is 10.1 Å². The van der Waals surface area contributed by atoms with Crippen LogP contribution in [0, 0.1) is 0 Å². The number of benzene rings is 1. The van der Waals surface area contributed by atoms with Gasteiger partial charge in [-0.15, -0.1) is 5.10 Å². The minimum atomic E-state index is -0.0904. The summed E-state index contributed by atoms with van der Waals surface area (Å²) in [7, 11) is 1.63. The van der Waals surface area contributed by atoms with Gasteiger partial charge >= 0.3 is 0 Å². The number of hydrogen-bond donors (Lipinski definition) is 1. The number of amides is 1. The van der Waals surface area contributed by atoms with E-state index in [2.05, 4.69) is 25.4 Å². The van der Waals surface area contributed by atoms with Crippen molar-refractivity contribution in [3.63, 3.8) is 0 Å². The third-order valence-corrected chi connectivity index (χ3v) is 4.52. The highest BCUT2D eigenvalue weighted by Gasteiger charge is 2.24. The molecule has 9 heteroatoms. The Bertz CT molecular complexity index is 921. The van der Waals surface area contributed by atoms with E-state index in [0.29, 0.717) is 37.9 Å². The molecule has 1 aliphatic rings. The maximum Gasteiger partial charge on any atom is 0.289 e. The zero-order valence-electron chi connectivity index (χ0n) is 15.4. The first kappa shape index (κ1) is 17.8. The van der Waals surface area contributed by atoms with Crippen LogP contribution in [-0.4, -0.2) is 59.3 Å². The molecule has 1 aliphatic heterocycles. The molecule has 0 aliphatic carbocycles. The quantitative estimate of drug-likeness (QED) is 0.719. The number of aromatic nitrogens is 3. The van der Waals surface area contributed by atoms with Crippen molar-refractivity contribution in [3.8, 4) is 5.75 Å². The fourth-order valence-electron chi connectivity index (χ4n) is 3.00. The molecule has 1 fully saturated rings. The van der Waals surface area contributed by atoms with Crippen LogP contribution in [0.25, 0.3) is 0 Å². The molecule has 1 saturated heterocycles. The minimum Gasteiger partial charge on any atom is -0.497 e. The van der Waals surface area contributed by atoms with E-state index in [1.54, 1.807) is 30.3 Å². The molecule has 1 aromatic carbocycles. The molecule has 0 atom stereocenters. The van der Waals surface area contributed by atoms with E-state index in [0.717, 1.165) is 17.3 Å². The summed E-state index contributed by atoms with van der Waals surface area (Å²) in [6.45, 7) is 2.50. The number of anilines is 3. The molecule has 3 aromatic rings. The Labute approximate surface area is 161 Å². The lowest BCUT2D eigenvalue weighted by atomic mass is 10.3. The number of methoxy groups -OCH3 is 1. The minimum absolute atomic E-state index is 0.0904. The molecule has 1 N–H and O–H groups in total. The number of nitrogens with zero attached hydrogens (tertiary/aromatic N) is 5. The van der Waals surface area contributed by atoms with Crippen LogP contribution in [0.3, 0.4) is 0 Å². The number of rotatable bonds is 5. The van der Waals surface area contributed by atoms with E-state index in [4.69, 9.17) is 9.15 Å². The maximum atomic E-state index is 12.4. The number of carbonyl (C=O) groups is 1. The van der Waals surface area contributed by atoms with E-state index >= 15 is 0 Å². The summed E-state index contributed by atoms with van der Waals surface area (Å²) in [6.07, 6.45) is 3.14. The van der Waals surface area contributed by atoms with E-state index in [9.17, 15) is 4.79 Å². The number of furan rings is 1. The Hall–Kier alpha value is -3.62. The summed E-state index contributed by atoms with van der Waals surface area (Å²) >= 11 is 0. The van der Waals surface area contributed by atoms with Gasteiger partial charge in [0.15, 0.2) is 11.6 Å². The standard InChI is InChI=1S/C19H20N6O3/c1-27-15-6-4-14(5-7-15)21-19-22-17(13-20-23-19)24-8-10-25(11-9-24)18(26)16-3-2-12-28-16/h2-7,12-13H,8-11H2,1H3,(H,21,22,23). The molecular formula is C19H20N6O3. The van der Waals surface area contributed by atoms with Crippen molar-refractivity contribution in [1.29, 1.82) is 0 Å². The normalized spacial score (nSPS) is 14.0. The molecular weight excluding hydrogens is 360 g/mol. The second-order valence-corrected chi connectivity index (χ2v) is 6.25. The molecule has 0 saturated carbocycles. The summed E-state index contributed by atoms with van der Waals surface area (Å²) in [5.74, 6) is 2.18. The van der Waals surface area contributed by atoms with Crippen molar-refractivity contribution in [1.82, 2.24) is 20.1 Å². The van der Waals surface area contributed by atoms with Crippen molar-refractivity contribution < 1.29 is 13.9 Å². The predicted molar refractivity (Wildman–Crippen MR) is 103 cm³/mol. The second kappa shape index (κ2) is 7.95. The van der Waals surface area contributed by atoms with Crippen LogP contribution in [0.4, 0.5) is 17.5 Å². The lowest BCUT2D eigenvalue weighted by molar-refractivity contribution is 0.0714. The van der Waals surface area contributed by atoms with E-state index in [1.807, 2.05) is 24.3 Å². The maximum absolute atomic E-state index is 12.4. The van der Waals surface area contributed by atoms with E-state index in [-0.39, 0.29) is 5.91 Å². The number of ether oxygens (including phenoxy) is 1. The van der Waals surface area contributed by atoms with Crippen LogP contribution >= 0.6 is 0 Å². The van der Waals surface area contributed by atoms with Gasteiger partial charge in [0.2, 0.25) is 5.95 Å². The molecule has 2 aromatic heterocycles. The van der Waals surface area contributed by atoms with E-state index < -0.39 is 0 Å². The summed E-state index contributed by atoms with van der Waals surface area (Å²) in [5, 5.41) is 11.2. The van der Waals surface area contributed by atoms with Crippen molar-refractivity contribution in [3.05, 3.63) is 54.6 Å². The van der Waals surface area contributed by atoms with Gasteiger partial charge in [-0.3, -0.25) is 4.79 Å². The van der Waals surface area contributed by atoms with Crippen LogP contribution in [-0.2, 0) is 0 Å². The van der Waals surface area contributed by atoms with Gasteiger partial charge < -0.3 is 24.3 Å². The smallest absolute Gasteiger partial charge is 0.289 e. The highest BCUT2D eigenvalue weighted by molar-refractivity contribution is 5.91. The summed E-state index contributed by atoms with van der Waals surface area (Å²) in [5.41, 5.74) is 0.841. The molecule has 0 unspecified atom stereocenters. The third kappa shape index (κ3) is 3.88. The fraction of sp³-hybridized carbons (Fsp3) is 0.263. The molecule has 3 heterocycles. The number of hydrogen-bond acceptors (Lipinski definition) is 8. The average Bonchev–Trinajstić information content (AvgIpc) is 3.29. The molecule has 28 heavy (non-hydrogen) atoms. The second-order valence-electron chi connectivity index (χ2n) is 6.25. The monoisotopic (exact) mass is 380 g/mol. The van der Waals surface area contributed by atoms with Gasteiger partial charge in [0.25, 0.3) is 5.91 Å². The molecule has 0 radical (unpaired) electrons. The van der Waals surface area contributed by atoms with Crippen LogP contribution in [0.5, 0.6) is 5.75 Å². The first-order valence-corrected chi connectivity index (χ1v) is 8.91. The van der Waals surface area contributed by atoms with Crippen molar-refractivity contribution in [2.45, 2.75) is 0 Å². The first-order valence-electron chi connectivity index (χ1n) is 8.91. The van der Waals surface area contributed by atoms with Crippen molar-refractivity contribution in [2.24, 2.45) is 0 Å². The lowest BCUT2D eigenvalue weighted by Crippen LogP contribution is -2.49. The van der Waals surface area contributed by atoms with Gasteiger partial charge in [0.05, 0.1) is 19.6 Å². The Balaban J connectivity index is 1.38. The number of nitrogens with one attached hydrogen (secondary N) is 1. The van der Waals surface area contributed by atoms with Gasteiger partial charge in [-0.05, 0) is 36.4 Å². The first-order chi connectivity index (χ1) is 13.7. The topological polar surface area (TPSA) is 96.6 Å². The van der Waals surface area contributed by atoms with Crippen LogP contribution in [0.1, 0.15) is 10.6 Å². The van der Waals surface area contributed by atoms with Crippen LogP contribution in [0.2, 0.25) is 0 Å². The average molecular weight is 380 g/mol. The third-order valence-electron chi connectivity index (χ3n) is 4.52. The van der Waals surface area contributed by atoms with Gasteiger partial charge in [-0.25, -0.2) is 0 Å². The summed E-state index contributed by atoms with van der Waals surface area (Å²) in [4.78, 5) is 20.8. The Morgan fingerprint density at radius 3 is 2.61 bits per heavy atom. The molecule has 4 rings (SSSR count). The van der Waals surface area contributed by atoms with Crippen molar-refractivity contribution >= 4 is 23.4 Å². The largest absolute Gasteiger partial charge is 0.497 e. The fourth-order valence-corrected chi connectivity index (χ4v) is 3.00. The zero-order chi connectivity index (χ0) is 19.3. The predicted octanol–water partition coefficient (Wildman–Crippen LogP) is 2.18. The van der Waals surface area contributed by atoms with Gasteiger partial charge in [-0.1, -0.05) is 0 Å². The SMILES string of the molecule is COc1ccc(Nc2nncc(N3CCN(C(=O)c4ccco4)CC3)n2)cc1. The summed E-state index contributed by atoms with van der Waals surface area (Å²) < 4.78 is 10.4. The Morgan fingerprint density at radius 1 is 1.14 bits per heavy atom.